The smallest absolute Gasteiger partial charge is 0.0631 e. The summed E-state index contributed by atoms with van der Waals surface area (Å²) < 4.78 is 0. The van der Waals surface area contributed by atoms with Crippen molar-refractivity contribution in [3.8, 4) is 22.3 Å². The summed E-state index contributed by atoms with van der Waals surface area (Å²) in [5, 5.41) is 2.51. The third-order valence-electron chi connectivity index (χ3n) is 15.4. The third kappa shape index (κ3) is 5.68. The SMILES string of the molecule is CC1(C)c2ccccc2-c2cc(N(C3=CC=C=C=C3c3cccc4cccc(C5=CC=CCC5)c34)c3ccc(-c4ccc(C56CC7CC(CC(C7)C5)C6)cc4)cc3)ccc21. The lowest BCUT2D eigenvalue weighted by Gasteiger charge is -2.57. The molecule has 0 atom stereocenters. The van der Waals surface area contributed by atoms with Crippen LogP contribution in [0.1, 0.15) is 93.0 Å². The molecular weight excluding hydrogens is 723 g/mol. The van der Waals surface area contributed by atoms with Gasteiger partial charge in [0.05, 0.1) is 11.3 Å². The average molecular weight is 774 g/mol. The zero-order valence-electron chi connectivity index (χ0n) is 34.8. The maximum absolute atomic E-state index is 3.67. The zero-order chi connectivity index (χ0) is 40.0. The second kappa shape index (κ2) is 13.7. The molecule has 7 aliphatic rings. The molecule has 0 aromatic heterocycles. The van der Waals surface area contributed by atoms with Gasteiger partial charge < -0.3 is 4.90 Å². The van der Waals surface area contributed by atoms with Crippen molar-refractivity contribution in [3.63, 3.8) is 0 Å². The van der Waals surface area contributed by atoms with E-state index in [1.165, 1.54) is 99.4 Å². The second-order valence-corrected chi connectivity index (χ2v) is 19.3. The lowest BCUT2D eigenvalue weighted by Crippen LogP contribution is -2.48. The largest absolute Gasteiger partial charge is 0.309 e. The average Bonchev–Trinajstić information content (AvgIpc) is 3.51. The van der Waals surface area contributed by atoms with Crippen LogP contribution in [0.15, 0.2) is 175 Å². The summed E-state index contributed by atoms with van der Waals surface area (Å²) in [4.78, 5) is 2.46. The van der Waals surface area contributed by atoms with Crippen molar-refractivity contribution >= 4 is 33.3 Å². The number of rotatable bonds is 7. The van der Waals surface area contributed by atoms with E-state index in [1.807, 2.05) is 6.08 Å². The van der Waals surface area contributed by atoms with Crippen molar-refractivity contribution in [2.45, 2.75) is 76.0 Å². The van der Waals surface area contributed by atoms with E-state index in [0.717, 1.165) is 53.2 Å². The summed E-state index contributed by atoms with van der Waals surface area (Å²) in [6.07, 6.45) is 21.8. The molecule has 0 aliphatic heterocycles. The van der Waals surface area contributed by atoms with E-state index >= 15 is 0 Å². The fraction of sp³-hybridized carbons (Fsp3) is 0.254. The minimum atomic E-state index is -0.0643. The van der Waals surface area contributed by atoms with Crippen molar-refractivity contribution in [2.24, 2.45) is 17.8 Å². The number of hydrogen-bond donors (Lipinski definition) is 0. The van der Waals surface area contributed by atoms with Crippen molar-refractivity contribution in [2.75, 3.05) is 4.90 Å². The molecule has 292 valence electrons. The molecule has 13 rings (SSSR count). The summed E-state index contributed by atoms with van der Waals surface area (Å²) in [7, 11) is 0. The van der Waals surface area contributed by atoms with Crippen LogP contribution in [0.4, 0.5) is 11.4 Å². The molecule has 0 heterocycles. The Morgan fingerprint density at radius 2 is 1.25 bits per heavy atom. The minimum Gasteiger partial charge on any atom is -0.309 e. The van der Waals surface area contributed by atoms with E-state index in [1.54, 1.807) is 5.56 Å². The molecule has 1 heteroatoms. The fourth-order valence-electron chi connectivity index (χ4n) is 13.0. The number of hydrogen-bond acceptors (Lipinski definition) is 1. The lowest BCUT2D eigenvalue weighted by atomic mass is 9.48. The van der Waals surface area contributed by atoms with Crippen LogP contribution in [0.25, 0.3) is 44.2 Å². The van der Waals surface area contributed by atoms with Gasteiger partial charge in [0.2, 0.25) is 0 Å². The van der Waals surface area contributed by atoms with E-state index in [2.05, 4.69) is 182 Å². The Balaban J connectivity index is 0.964. The highest BCUT2D eigenvalue weighted by atomic mass is 15.2. The summed E-state index contributed by atoms with van der Waals surface area (Å²) in [6, 6.07) is 48.6. The third-order valence-corrected chi connectivity index (χ3v) is 15.4. The van der Waals surface area contributed by atoms with Gasteiger partial charge >= 0.3 is 0 Å². The Morgan fingerprint density at radius 3 is 1.97 bits per heavy atom. The molecule has 4 bridgehead atoms. The first-order valence-electron chi connectivity index (χ1n) is 22.5. The Hall–Kier alpha value is -6.10. The standard InChI is InChI=1S/C59H51N/c1-58(2)54-20-8-6-16-50(54)53-35-48(30-31-55(53)58)60(56-21-9-7-17-51(56)52-19-11-15-45-14-10-18-49(57(45)52)44-12-4-3-5-13-44)47-28-24-43(25-29-47)42-22-26-46(27-23-42)59-36-39-32-40(37-59)34-41(33-39)38-59/h3-4,6,8-12,14-16,18-31,35,39-41H,5,13,32-34,36-38H2,1-2H3. The molecular formula is C59H51N. The highest BCUT2D eigenvalue weighted by Gasteiger charge is 2.51. The lowest BCUT2D eigenvalue weighted by molar-refractivity contribution is -0.00518. The highest BCUT2D eigenvalue weighted by molar-refractivity contribution is 6.05. The molecule has 0 amide bonds. The van der Waals surface area contributed by atoms with Gasteiger partial charge in [-0.1, -0.05) is 147 Å². The number of allylic oxidation sites excluding steroid dienone is 7. The van der Waals surface area contributed by atoms with Crippen LogP contribution in [-0.2, 0) is 10.8 Å². The quantitative estimate of drug-likeness (QED) is 0.146. The normalized spacial score (nSPS) is 23.9. The van der Waals surface area contributed by atoms with Gasteiger partial charge in [-0.2, -0.15) is 0 Å². The van der Waals surface area contributed by atoms with Gasteiger partial charge in [-0.15, -0.1) is 0 Å². The van der Waals surface area contributed by atoms with Gasteiger partial charge in [0.25, 0.3) is 0 Å². The zero-order valence-corrected chi connectivity index (χ0v) is 34.8. The number of fused-ring (bicyclic) bond motifs is 4. The van der Waals surface area contributed by atoms with Gasteiger partial charge in [0.1, 0.15) is 0 Å². The predicted molar refractivity (Wildman–Crippen MR) is 251 cm³/mol. The Labute approximate surface area is 355 Å². The van der Waals surface area contributed by atoms with Crippen molar-refractivity contribution in [1.82, 2.24) is 0 Å². The summed E-state index contributed by atoms with van der Waals surface area (Å²) in [5.41, 5.74) is 25.2. The fourth-order valence-corrected chi connectivity index (χ4v) is 13.0. The van der Waals surface area contributed by atoms with Crippen molar-refractivity contribution in [1.29, 1.82) is 0 Å². The first-order chi connectivity index (χ1) is 29.4. The van der Waals surface area contributed by atoms with Crippen LogP contribution in [0, 0.1) is 17.8 Å². The number of anilines is 2. The molecule has 4 fully saturated rings. The van der Waals surface area contributed by atoms with Crippen LogP contribution < -0.4 is 4.90 Å². The van der Waals surface area contributed by atoms with E-state index in [4.69, 9.17) is 0 Å². The van der Waals surface area contributed by atoms with Gasteiger partial charge in [0.15, 0.2) is 0 Å². The van der Waals surface area contributed by atoms with Gasteiger partial charge in [-0.05, 0) is 172 Å². The molecule has 60 heavy (non-hydrogen) atoms. The molecule has 0 saturated heterocycles. The van der Waals surface area contributed by atoms with E-state index in [-0.39, 0.29) is 5.41 Å². The van der Waals surface area contributed by atoms with Crippen molar-refractivity contribution < 1.29 is 0 Å². The van der Waals surface area contributed by atoms with Gasteiger partial charge in [-0.3, -0.25) is 0 Å². The first-order valence-corrected chi connectivity index (χ1v) is 22.5. The van der Waals surface area contributed by atoms with Crippen LogP contribution in [0.2, 0.25) is 0 Å². The minimum absolute atomic E-state index is 0.0643. The predicted octanol–water partition coefficient (Wildman–Crippen LogP) is 15.4. The number of benzene rings is 6. The molecule has 0 unspecified atom stereocenters. The molecule has 0 spiro atoms. The molecule has 6 aromatic rings. The van der Waals surface area contributed by atoms with E-state index in [0.29, 0.717) is 5.41 Å². The Bertz CT molecular complexity index is 2890. The molecule has 1 nitrogen and oxygen atoms in total. The van der Waals surface area contributed by atoms with Crippen molar-refractivity contribution in [3.05, 3.63) is 203 Å². The summed E-state index contributed by atoms with van der Waals surface area (Å²) >= 11 is 0. The Kier molecular flexibility index (Phi) is 8.19. The highest BCUT2D eigenvalue weighted by Crippen LogP contribution is 2.61. The van der Waals surface area contributed by atoms with Crippen LogP contribution in [0.5, 0.6) is 0 Å². The maximum Gasteiger partial charge on any atom is 0.0631 e. The molecule has 0 radical (unpaired) electrons. The van der Waals surface area contributed by atoms with Gasteiger partial charge in [-0.25, -0.2) is 0 Å². The maximum atomic E-state index is 3.67. The van der Waals surface area contributed by atoms with Gasteiger partial charge in [0, 0.05) is 22.4 Å². The molecule has 7 aliphatic carbocycles. The van der Waals surface area contributed by atoms with E-state index in [9.17, 15) is 0 Å². The molecule has 6 aromatic carbocycles. The molecule has 4 saturated carbocycles. The topological polar surface area (TPSA) is 3.24 Å². The Morgan fingerprint density at radius 1 is 0.600 bits per heavy atom. The summed E-state index contributed by atoms with van der Waals surface area (Å²) in [6.45, 7) is 4.72. The second-order valence-electron chi connectivity index (χ2n) is 19.3. The van der Waals surface area contributed by atoms with Crippen LogP contribution in [0.3, 0.4) is 0 Å². The van der Waals surface area contributed by atoms with Crippen LogP contribution >= 0.6 is 0 Å². The van der Waals surface area contributed by atoms with Crippen LogP contribution in [-0.4, -0.2) is 0 Å². The number of nitrogens with zero attached hydrogens (tertiary/aromatic N) is 1. The molecule has 0 N–H and O–H groups in total. The monoisotopic (exact) mass is 773 g/mol. The first kappa shape index (κ1) is 35.8. The summed E-state index contributed by atoms with van der Waals surface area (Å²) in [5.74, 6) is 2.86. The van der Waals surface area contributed by atoms with E-state index < -0.39 is 0 Å².